The molecule has 2 unspecified atom stereocenters. The lowest BCUT2D eigenvalue weighted by Crippen LogP contribution is -2.35. The molecule has 1 heterocycles. The Labute approximate surface area is 82.9 Å². The molecule has 0 radical (unpaired) electrons. The summed E-state index contributed by atoms with van der Waals surface area (Å²) in [4.78, 5) is 23.2. The van der Waals surface area contributed by atoms with Gasteiger partial charge in [0.25, 0.3) is 0 Å². The highest BCUT2D eigenvalue weighted by molar-refractivity contribution is 6.07. The van der Waals surface area contributed by atoms with Crippen molar-refractivity contribution in [1.29, 1.82) is 0 Å². The van der Waals surface area contributed by atoms with Gasteiger partial charge >= 0.3 is 0 Å². The van der Waals surface area contributed by atoms with Crippen LogP contribution in [0.3, 0.4) is 0 Å². The monoisotopic (exact) mass is 191 g/mol. The second-order valence-corrected chi connectivity index (χ2v) is 3.93. The highest BCUT2D eigenvalue weighted by Gasteiger charge is 2.53. The molecule has 14 heavy (non-hydrogen) atoms. The first kappa shape index (κ1) is 9.19. The van der Waals surface area contributed by atoms with Crippen LogP contribution < -0.4 is 5.32 Å². The molecule has 0 bridgehead atoms. The molecule has 2 aliphatic rings. The van der Waals surface area contributed by atoms with Crippen molar-refractivity contribution in [3.8, 4) is 0 Å². The van der Waals surface area contributed by atoms with Crippen molar-refractivity contribution in [1.82, 2.24) is 5.32 Å². The van der Waals surface area contributed by atoms with Crippen LogP contribution in [0.25, 0.3) is 0 Å². The van der Waals surface area contributed by atoms with Crippen LogP contribution in [0.15, 0.2) is 24.8 Å². The van der Waals surface area contributed by atoms with Gasteiger partial charge in [0.05, 0.1) is 11.3 Å². The second-order valence-electron chi connectivity index (χ2n) is 3.93. The third kappa shape index (κ3) is 1.05. The molecule has 2 rings (SSSR count). The zero-order valence-corrected chi connectivity index (χ0v) is 7.95. The first-order valence-corrected chi connectivity index (χ1v) is 4.82. The number of carbonyl (C=O) groups is 2. The van der Waals surface area contributed by atoms with Gasteiger partial charge in [-0.2, -0.15) is 0 Å². The fraction of sp³-hybridized carbons (Fsp3) is 0.455. The van der Waals surface area contributed by atoms with E-state index < -0.39 is 5.41 Å². The average Bonchev–Trinajstić information content (AvgIpc) is 2.41. The van der Waals surface area contributed by atoms with E-state index >= 15 is 0 Å². The molecule has 3 heteroatoms. The summed E-state index contributed by atoms with van der Waals surface area (Å²) >= 11 is 0. The van der Waals surface area contributed by atoms with Gasteiger partial charge in [-0.1, -0.05) is 18.2 Å². The Morgan fingerprint density at radius 2 is 2.36 bits per heavy atom. The van der Waals surface area contributed by atoms with Crippen molar-refractivity contribution in [2.45, 2.75) is 19.3 Å². The molecule has 1 aliphatic carbocycles. The van der Waals surface area contributed by atoms with Crippen LogP contribution in [-0.4, -0.2) is 11.8 Å². The maximum Gasteiger partial charge on any atom is 0.234 e. The second kappa shape index (κ2) is 3.08. The van der Waals surface area contributed by atoms with Crippen LogP contribution in [0, 0.1) is 11.3 Å². The van der Waals surface area contributed by atoms with Crippen molar-refractivity contribution in [2.75, 3.05) is 0 Å². The van der Waals surface area contributed by atoms with Crippen molar-refractivity contribution in [2.24, 2.45) is 11.3 Å². The van der Waals surface area contributed by atoms with Crippen molar-refractivity contribution in [3.63, 3.8) is 0 Å². The lowest BCUT2D eigenvalue weighted by Gasteiger charge is -2.31. The van der Waals surface area contributed by atoms with Gasteiger partial charge in [-0.3, -0.25) is 14.9 Å². The van der Waals surface area contributed by atoms with Gasteiger partial charge in [-0.25, -0.2) is 0 Å². The number of allylic oxidation sites excluding steroid dienone is 3. The Morgan fingerprint density at radius 3 is 3.07 bits per heavy atom. The summed E-state index contributed by atoms with van der Waals surface area (Å²) in [6, 6.07) is 0. The van der Waals surface area contributed by atoms with Crippen LogP contribution in [0.2, 0.25) is 0 Å². The highest BCUT2D eigenvalue weighted by Crippen LogP contribution is 2.45. The summed E-state index contributed by atoms with van der Waals surface area (Å²) in [5, 5.41) is 2.42. The van der Waals surface area contributed by atoms with Crippen LogP contribution >= 0.6 is 0 Å². The van der Waals surface area contributed by atoms with Crippen molar-refractivity contribution >= 4 is 11.8 Å². The number of hydrogen-bond acceptors (Lipinski definition) is 2. The molecule has 2 atom stereocenters. The lowest BCUT2D eigenvalue weighted by atomic mass is 9.68. The Hall–Kier alpha value is -1.38. The molecular formula is C11H13NO2. The number of carbonyl (C=O) groups excluding carboxylic acids is 2. The van der Waals surface area contributed by atoms with Gasteiger partial charge in [0.1, 0.15) is 0 Å². The topological polar surface area (TPSA) is 46.2 Å². The number of fused-ring (bicyclic) bond motifs is 1. The molecule has 1 aliphatic heterocycles. The summed E-state index contributed by atoms with van der Waals surface area (Å²) in [6.07, 6.45) is 7.60. The highest BCUT2D eigenvalue weighted by atomic mass is 16.2. The quantitative estimate of drug-likeness (QED) is 0.526. The van der Waals surface area contributed by atoms with E-state index in [9.17, 15) is 9.59 Å². The zero-order chi connectivity index (χ0) is 10.2. The zero-order valence-electron chi connectivity index (χ0n) is 7.95. The number of hydrogen-bond donors (Lipinski definition) is 1. The van der Waals surface area contributed by atoms with E-state index in [0.717, 1.165) is 0 Å². The van der Waals surface area contributed by atoms with E-state index in [2.05, 4.69) is 11.9 Å². The fourth-order valence-electron chi connectivity index (χ4n) is 2.40. The molecule has 1 N–H and O–H groups in total. The Kier molecular flexibility index (Phi) is 2.02. The minimum atomic E-state index is -0.534. The van der Waals surface area contributed by atoms with E-state index in [-0.39, 0.29) is 17.7 Å². The van der Waals surface area contributed by atoms with E-state index in [1.807, 2.05) is 12.2 Å². The maximum atomic E-state index is 11.7. The third-order valence-corrected chi connectivity index (χ3v) is 3.20. The fourth-order valence-corrected chi connectivity index (χ4v) is 2.40. The van der Waals surface area contributed by atoms with Gasteiger partial charge in [0, 0.05) is 0 Å². The molecule has 1 fully saturated rings. The summed E-state index contributed by atoms with van der Waals surface area (Å²) in [7, 11) is 0. The van der Waals surface area contributed by atoms with Crippen LogP contribution in [0.1, 0.15) is 19.3 Å². The van der Waals surface area contributed by atoms with Gasteiger partial charge in [0.2, 0.25) is 11.8 Å². The molecule has 0 aromatic carbocycles. The SMILES string of the molecule is C=CCC12CC=CCC1C(=O)NC2=O. The number of amides is 2. The largest absolute Gasteiger partial charge is 0.296 e. The predicted molar refractivity (Wildman–Crippen MR) is 52.3 cm³/mol. The molecular weight excluding hydrogens is 178 g/mol. The number of imide groups is 1. The van der Waals surface area contributed by atoms with Crippen LogP contribution in [0.4, 0.5) is 0 Å². The number of rotatable bonds is 2. The van der Waals surface area contributed by atoms with E-state index in [4.69, 9.17) is 0 Å². The molecule has 0 aromatic rings. The van der Waals surface area contributed by atoms with Gasteiger partial charge in [0.15, 0.2) is 0 Å². The minimum Gasteiger partial charge on any atom is -0.296 e. The first-order valence-electron chi connectivity index (χ1n) is 4.82. The average molecular weight is 191 g/mol. The van der Waals surface area contributed by atoms with Crippen LogP contribution in [0.5, 0.6) is 0 Å². The molecule has 1 saturated heterocycles. The molecule has 2 amide bonds. The van der Waals surface area contributed by atoms with E-state index in [1.54, 1.807) is 6.08 Å². The smallest absolute Gasteiger partial charge is 0.234 e. The van der Waals surface area contributed by atoms with E-state index in [1.165, 1.54) is 0 Å². The lowest BCUT2D eigenvalue weighted by molar-refractivity contribution is -0.128. The van der Waals surface area contributed by atoms with Gasteiger partial charge in [-0.05, 0) is 19.3 Å². The Balaban J connectivity index is 2.40. The molecule has 3 nitrogen and oxygen atoms in total. The Morgan fingerprint density at radius 1 is 1.57 bits per heavy atom. The van der Waals surface area contributed by atoms with Crippen LogP contribution in [-0.2, 0) is 9.59 Å². The summed E-state index contributed by atoms with van der Waals surface area (Å²) < 4.78 is 0. The molecule has 0 saturated carbocycles. The standard InChI is InChI=1S/C11H13NO2/c1-2-6-11-7-4-3-5-8(11)9(13)12-10(11)14/h2-4,8H,1,5-7H2,(H,12,13,14). The van der Waals surface area contributed by atoms with Gasteiger partial charge < -0.3 is 0 Å². The third-order valence-electron chi connectivity index (χ3n) is 3.20. The van der Waals surface area contributed by atoms with E-state index in [0.29, 0.717) is 19.3 Å². The normalized spacial score (nSPS) is 35.3. The molecule has 0 aromatic heterocycles. The van der Waals surface area contributed by atoms with Gasteiger partial charge in [-0.15, -0.1) is 6.58 Å². The Bertz CT molecular complexity index is 332. The molecule has 0 spiro atoms. The number of nitrogens with one attached hydrogen (secondary N) is 1. The first-order chi connectivity index (χ1) is 6.70. The summed E-state index contributed by atoms with van der Waals surface area (Å²) in [5.74, 6) is -0.434. The minimum absolute atomic E-state index is 0.124. The maximum absolute atomic E-state index is 11.7. The molecule has 74 valence electrons. The predicted octanol–water partition coefficient (Wildman–Crippen LogP) is 1.17. The summed E-state index contributed by atoms with van der Waals surface area (Å²) in [5.41, 5.74) is -0.534. The van der Waals surface area contributed by atoms with Crippen molar-refractivity contribution < 1.29 is 9.59 Å². The summed E-state index contributed by atoms with van der Waals surface area (Å²) in [6.45, 7) is 3.65. The van der Waals surface area contributed by atoms with Crippen molar-refractivity contribution in [3.05, 3.63) is 24.8 Å².